The lowest BCUT2D eigenvalue weighted by atomic mass is 10.3. The quantitative estimate of drug-likeness (QED) is 0.406. The van der Waals surface area contributed by atoms with Gasteiger partial charge in [-0.05, 0) is 19.1 Å². The highest BCUT2D eigenvalue weighted by atomic mass is 127. The number of nitrogens with zero attached hydrogens (tertiary/aromatic N) is 6. The van der Waals surface area contributed by atoms with Crippen LogP contribution in [0.2, 0.25) is 0 Å². The number of aryl methyl sites for hydroxylation is 1. The number of nitrogens with one attached hydrogen (secondary N) is 1. The third kappa shape index (κ3) is 4.54. The smallest absolute Gasteiger partial charge is 0.289 e. The molecule has 3 heterocycles. The Hall–Kier alpha value is -2.11. The lowest BCUT2D eigenvalue weighted by Gasteiger charge is -2.36. The van der Waals surface area contributed by atoms with E-state index in [0.717, 1.165) is 18.3 Å². The molecule has 0 aromatic carbocycles. The fourth-order valence-electron chi connectivity index (χ4n) is 2.85. The van der Waals surface area contributed by atoms with Crippen LogP contribution in [-0.4, -0.2) is 69.7 Å². The van der Waals surface area contributed by atoms with Crippen molar-refractivity contribution < 1.29 is 9.21 Å². The van der Waals surface area contributed by atoms with Crippen molar-refractivity contribution in [1.29, 1.82) is 0 Å². The van der Waals surface area contributed by atoms with Gasteiger partial charge in [0.15, 0.2) is 17.5 Å². The molecule has 1 aliphatic heterocycles. The van der Waals surface area contributed by atoms with E-state index < -0.39 is 0 Å². The van der Waals surface area contributed by atoms with Gasteiger partial charge in [-0.15, -0.1) is 34.2 Å². The molecule has 1 amide bonds. The lowest BCUT2D eigenvalue weighted by Crippen LogP contribution is -2.53. The number of hydrogen-bond donors (Lipinski definition) is 1. The van der Waals surface area contributed by atoms with Crippen LogP contribution in [0.15, 0.2) is 34.1 Å². The molecule has 2 aromatic heterocycles. The van der Waals surface area contributed by atoms with E-state index in [2.05, 4.69) is 32.3 Å². The molecule has 9 nitrogen and oxygen atoms in total. The zero-order valence-electron chi connectivity index (χ0n) is 15.0. The fraction of sp³-hybridized carbons (Fsp3) is 0.500. The monoisotopic (exact) mass is 473 g/mol. The molecular weight excluding hydrogens is 449 g/mol. The SMILES string of the molecule is CCn1cnnc1CNC(=NC)N1CCN(C(=O)c2ccco2)CC1.I. The van der Waals surface area contributed by atoms with Gasteiger partial charge < -0.3 is 24.1 Å². The second-order valence-corrected chi connectivity index (χ2v) is 5.69. The summed E-state index contributed by atoms with van der Waals surface area (Å²) in [5.74, 6) is 1.99. The summed E-state index contributed by atoms with van der Waals surface area (Å²) in [6.45, 7) is 6.13. The van der Waals surface area contributed by atoms with Crippen LogP contribution in [0.25, 0.3) is 0 Å². The predicted octanol–water partition coefficient (Wildman–Crippen LogP) is 1.04. The molecule has 0 saturated carbocycles. The Kier molecular flexibility index (Phi) is 7.42. The van der Waals surface area contributed by atoms with Gasteiger partial charge >= 0.3 is 0 Å². The minimum absolute atomic E-state index is 0. The standard InChI is InChI=1S/C16H23N7O2.HI/c1-3-21-12-19-20-14(21)11-18-16(17-2)23-8-6-22(7-9-23)15(24)13-5-4-10-25-13;/h4-5,10,12H,3,6-9,11H2,1-2H3,(H,17,18);1H. The Bertz CT molecular complexity index is 721. The van der Waals surface area contributed by atoms with Gasteiger partial charge in [0, 0.05) is 39.8 Å². The van der Waals surface area contributed by atoms with E-state index in [1.165, 1.54) is 6.26 Å². The Morgan fingerprint density at radius 1 is 1.31 bits per heavy atom. The number of carbonyl (C=O) groups is 1. The van der Waals surface area contributed by atoms with E-state index in [0.29, 0.717) is 38.5 Å². The summed E-state index contributed by atoms with van der Waals surface area (Å²) in [6, 6.07) is 3.42. The number of carbonyl (C=O) groups excluding carboxylic acids is 1. The number of rotatable bonds is 4. The van der Waals surface area contributed by atoms with Gasteiger partial charge in [0.25, 0.3) is 5.91 Å². The summed E-state index contributed by atoms with van der Waals surface area (Å²) >= 11 is 0. The van der Waals surface area contributed by atoms with Crippen molar-refractivity contribution in [2.24, 2.45) is 4.99 Å². The Balaban J connectivity index is 0.00000243. The zero-order chi connectivity index (χ0) is 17.6. The van der Waals surface area contributed by atoms with Crippen LogP contribution in [0.5, 0.6) is 0 Å². The first-order valence-corrected chi connectivity index (χ1v) is 8.38. The molecule has 1 aliphatic rings. The van der Waals surface area contributed by atoms with Crippen LogP contribution >= 0.6 is 24.0 Å². The highest BCUT2D eigenvalue weighted by molar-refractivity contribution is 14.0. The number of aliphatic imine (C=N–C) groups is 1. The van der Waals surface area contributed by atoms with Gasteiger partial charge in [-0.25, -0.2) is 0 Å². The van der Waals surface area contributed by atoms with Crippen LogP contribution in [0.1, 0.15) is 23.3 Å². The molecule has 10 heteroatoms. The molecule has 2 aromatic rings. The molecule has 0 bridgehead atoms. The van der Waals surface area contributed by atoms with Crippen molar-refractivity contribution in [3.05, 3.63) is 36.3 Å². The molecule has 3 rings (SSSR count). The van der Waals surface area contributed by atoms with Gasteiger partial charge in [0.1, 0.15) is 6.33 Å². The normalized spacial score (nSPS) is 14.9. The van der Waals surface area contributed by atoms with E-state index in [4.69, 9.17) is 4.42 Å². The summed E-state index contributed by atoms with van der Waals surface area (Å²) in [6.07, 6.45) is 3.24. The molecule has 1 fully saturated rings. The first kappa shape index (κ1) is 20.2. The third-order valence-corrected chi connectivity index (χ3v) is 4.25. The molecule has 1 N–H and O–H groups in total. The Morgan fingerprint density at radius 3 is 2.65 bits per heavy atom. The maximum Gasteiger partial charge on any atom is 0.289 e. The maximum absolute atomic E-state index is 12.3. The van der Waals surface area contributed by atoms with Gasteiger partial charge in [0.05, 0.1) is 12.8 Å². The molecule has 142 valence electrons. The highest BCUT2D eigenvalue weighted by Crippen LogP contribution is 2.09. The summed E-state index contributed by atoms with van der Waals surface area (Å²) in [5.41, 5.74) is 0. The molecule has 26 heavy (non-hydrogen) atoms. The third-order valence-electron chi connectivity index (χ3n) is 4.25. The zero-order valence-corrected chi connectivity index (χ0v) is 17.3. The molecule has 0 radical (unpaired) electrons. The van der Waals surface area contributed by atoms with Crippen molar-refractivity contribution in [2.45, 2.75) is 20.0 Å². The van der Waals surface area contributed by atoms with E-state index in [-0.39, 0.29) is 29.9 Å². The fourth-order valence-corrected chi connectivity index (χ4v) is 2.85. The van der Waals surface area contributed by atoms with E-state index in [9.17, 15) is 4.79 Å². The van der Waals surface area contributed by atoms with Crippen molar-refractivity contribution in [3.63, 3.8) is 0 Å². The minimum Gasteiger partial charge on any atom is -0.459 e. The average Bonchev–Trinajstić information content (AvgIpc) is 3.34. The van der Waals surface area contributed by atoms with Gasteiger partial charge in [-0.3, -0.25) is 9.79 Å². The molecule has 1 saturated heterocycles. The average molecular weight is 473 g/mol. The van der Waals surface area contributed by atoms with Crippen LogP contribution < -0.4 is 5.32 Å². The van der Waals surface area contributed by atoms with Gasteiger partial charge in [-0.1, -0.05) is 0 Å². The first-order chi connectivity index (χ1) is 12.2. The Morgan fingerprint density at radius 2 is 2.04 bits per heavy atom. The first-order valence-electron chi connectivity index (χ1n) is 8.38. The number of amides is 1. The largest absolute Gasteiger partial charge is 0.459 e. The van der Waals surface area contributed by atoms with Gasteiger partial charge in [0.2, 0.25) is 0 Å². The van der Waals surface area contributed by atoms with E-state index >= 15 is 0 Å². The summed E-state index contributed by atoms with van der Waals surface area (Å²) in [5, 5.41) is 11.4. The summed E-state index contributed by atoms with van der Waals surface area (Å²) in [4.78, 5) is 20.6. The number of guanidine groups is 1. The number of hydrogen-bond acceptors (Lipinski definition) is 5. The van der Waals surface area contributed by atoms with Crippen molar-refractivity contribution in [1.82, 2.24) is 29.9 Å². The van der Waals surface area contributed by atoms with Crippen LogP contribution in [-0.2, 0) is 13.1 Å². The topological polar surface area (TPSA) is 91.8 Å². The lowest BCUT2D eigenvalue weighted by molar-refractivity contribution is 0.0657. The molecule has 0 unspecified atom stereocenters. The molecular formula is C16H24IN7O2. The summed E-state index contributed by atoms with van der Waals surface area (Å²) in [7, 11) is 1.76. The number of aromatic nitrogens is 3. The summed E-state index contributed by atoms with van der Waals surface area (Å²) < 4.78 is 7.18. The van der Waals surface area contributed by atoms with Crippen molar-refractivity contribution >= 4 is 35.8 Å². The van der Waals surface area contributed by atoms with E-state index in [1.54, 1.807) is 30.4 Å². The number of halogens is 1. The highest BCUT2D eigenvalue weighted by Gasteiger charge is 2.25. The minimum atomic E-state index is -0.0661. The second kappa shape index (κ2) is 9.55. The predicted molar refractivity (Wildman–Crippen MR) is 107 cm³/mol. The number of furan rings is 1. The number of piperazine rings is 1. The van der Waals surface area contributed by atoms with E-state index in [1.807, 2.05) is 4.57 Å². The Labute approximate surface area is 169 Å². The second-order valence-electron chi connectivity index (χ2n) is 5.69. The maximum atomic E-state index is 12.3. The van der Waals surface area contributed by atoms with Crippen LogP contribution in [0.4, 0.5) is 0 Å². The molecule has 0 atom stereocenters. The van der Waals surface area contributed by atoms with Crippen molar-refractivity contribution in [2.75, 3.05) is 33.2 Å². The van der Waals surface area contributed by atoms with Crippen LogP contribution in [0.3, 0.4) is 0 Å². The molecule has 0 aliphatic carbocycles. The van der Waals surface area contributed by atoms with Gasteiger partial charge in [-0.2, -0.15) is 0 Å². The molecule has 0 spiro atoms. The van der Waals surface area contributed by atoms with Crippen LogP contribution in [0, 0.1) is 0 Å². The van der Waals surface area contributed by atoms with Crippen molar-refractivity contribution in [3.8, 4) is 0 Å².